The van der Waals surface area contributed by atoms with E-state index in [9.17, 15) is 4.79 Å². The average molecular weight is 256 g/mol. The molecule has 0 spiro atoms. The standard InChI is InChI=1S/C8H6ClN5OS/c9-5-2-1-3-10-7(5)12-13-8(15)6-4-11-16-14-6/h1-4H,(H,10,12)(H,13,15). The summed E-state index contributed by atoms with van der Waals surface area (Å²) in [7, 11) is 0. The minimum Gasteiger partial charge on any atom is -0.280 e. The van der Waals surface area contributed by atoms with Crippen LogP contribution in [0.5, 0.6) is 0 Å². The lowest BCUT2D eigenvalue weighted by atomic mass is 10.4. The first-order valence-corrected chi connectivity index (χ1v) is 5.32. The second-order valence-electron chi connectivity index (χ2n) is 2.71. The summed E-state index contributed by atoms with van der Waals surface area (Å²) in [6, 6.07) is 3.35. The van der Waals surface area contributed by atoms with Gasteiger partial charge in [-0.15, -0.1) is 0 Å². The molecule has 0 aliphatic carbocycles. The molecule has 0 aliphatic rings. The first-order chi connectivity index (χ1) is 7.77. The van der Waals surface area contributed by atoms with Gasteiger partial charge in [-0.25, -0.2) is 4.98 Å². The van der Waals surface area contributed by atoms with Gasteiger partial charge in [0.1, 0.15) is 0 Å². The van der Waals surface area contributed by atoms with Gasteiger partial charge in [-0.05, 0) is 12.1 Å². The maximum Gasteiger partial charge on any atom is 0.291 e. The van der Waals surface area contributed by atoms with Crippen molar-refractivity contribution in [1.82, 2.24) is 19.2 Å². The Morgan fingerprint density at radius 3 is 3.06 bits per heavy atom. The van der Waals surface area contributed by atoms with E-state index in [4.69, 9.17) is 11.6 Å². The van der Waals surface area contributed by atoms with Gasteiger partial charge in [0.25, 0.3) is 5.91 Å². The fourth-order valence-electron chi connectivity index (χ4n) is 0.922. The minimum absolute atomic E-state index is 0.240. The molecule has 1 amide bonds. The molecule has 82 valence electrons. The maximum atomic E-state index is 11.5. The topological polar surface area (TPSA) is 79.8 Å². The van der Waals surface area contributed by atoms with Gasteiger partial charge in [-0.1, -0.05) is 11.6 Å². The van der Waals surface area contributed by atoms with Crippen molar-refractivity contribution < 1.29 is 4.79 Å². The number of hydrogen-bond donors (Lipinski definition) is 2. The first-order valence-electron chi connectivity index (χ1n) is 4.22. The number of carbonyl (C=O) groups excluding carboxylic acids is 1. The highest BCUT2D eigenvalue weighted by atomic mass is 35.5. The van der Waals surface area contributed by atoms with Crippen LogP contribution in [0, 0.1) is 0 Å². The third-order valence-corrected chi connectivity index (χ3v) is 2.43. The predicted molar refractivity (Wildman–Crippen MR) is 60.2 cm³/mol. The van der Waals surface area contributed by atoms with Crippen molar-refractivity contribution in [3.63, 3.8) is 0 Å². The summed E-state index contributed by atoms with van der Waals surface area (Å²) in [5.41, 5.74) is 5.25. The fourth-order valence-corrected chi connectivity index (χ4v) is 1.50. The van der Waals surface area contributed by atoms with Gasteiger partial charge in [0.15, 0.2) is 11.5 Å². The number of amides is 1. The largest absolute Gasteiger partial charge is 0.291 e. The van der Waals surface area contributed by atoms with Crippen molar-refractivity contribution in [2.45, 2.75) is 0 Å². The summed E-state index contributed by atoms with van der Waals surface area (Å²) in [5.74, 6) is -0.0174. The number of pyridine rings is 1. The monoisotopic (exact) mass is 255 g/mol. The quantitative estimate of drug-likeness (QED) is 0.809. The molecule has 0 radical (unpaired) electrons. The van der Waals surface area contributed by atoms with E-state index in [1.165, 1.54) is 6.20 Å². The third kappa shape index (κ3) is 2.44. The SMILES string of the molecule is O=C(NNc1ncccc1Cl)c1cnsn1. The smallest absolute Gasteiger partial charge is 0.280 e. The average Bonchev–Trinajstić information content (AvgIpc) is 2.81. The zero-order valence-corrected chi connectivity index (χ0v) is 9.42. The summed E-state index contributed by atoms with van der Waals surface area (Å²) in [5, 5.41) is 0.416. The fraction of sp³-hybridized carbons (Fsp3) is 0. The number of hydrazine groups is 1. The Balaban J connectivity index is 1.98. The van der Waals surface area contributed by atoms with Gasteiger partial charge in [0, 0.05) is 6.20 Å². The van der Waals surface area contributed by atoms with E-state index in [0.717, 1.165) is 11.7 Å². The van der Waals surface area contributed by atoms with E-state index < -0.39 is 5.91 Å². The second-order valence-corrected chi connectivity index (χ2v) is 3.67. The van der Waals surface area contributed by atoms with E-state index in [0.29, 0.717) is 10.8 Å². The molecule has 0 atom stereocenters. The Labute approximate surface area is 100.0 Å². The van der Waals surface area contributed by atoms with Crippen molar-refractivity contribution >= 4 is 35.1 Å². The molecule has 0 bridgehead atoms. The summed E-state index contributed by atoms with van der Waals surface area (Å²) in [6.45, 7) is 0. The molecular weight excluding hydrogens is 250 g/mol. The highest BCUT2D eigenvalue weighted by Crippen LogP contribution is 2.16. The molecule has 8 heteroatoms. The van der Waals surface area contributed by atoms with Gasteiger partial charge < -0.3 is 0 Å². The van der Waals surface area contributed by atoms with Gasteiger partial charge in [0.05, 0.1) is 22.9 Å². The zero-order valence-electron chi connectivity index (χ0n) is 7.85. The Hall–Kier alpha value is -1.73. The summed E-state index contributed by atoms with van der Waals surface area (Å²) in [4.78, 5) is 15.4. The molecule has 0 aliphatic heterocycles. The number of halogens is 1. The van der Waals surface area contributed by atoms with Crippen LogP contribution in [-0.2, 0) is 0 Å². The van der Waals surface area contributed by atoms with E-state index >= 15 is 0 Å². The number of nitrogens with one attached hydrogen (secondary N) is 2. The van der Waals surface area contributed by atoms with Crippen LogP contribution in [0.1, 0.15) is 10.5 Å². The molecule has 0 saturated heterocycles. The third-order valence-electron chi connectivity index (χ3n) is 1.65. The molecule has 2 rings (SSSR count). The molecule has 0 aromatic carbocycles. The van der Waals surface area contributed by atoms with Gasteiger partial charge in [-0.2, -0.15) is 8.75 Å². The van der Waals surface area contributed by atoms with Crippen LogP contribution in [0.3, 0.4) is 0 Å². The number of hydrogen-bond acceptors (Lipinski definition) is 6. The minimum atomic E-state index is -0.393. The summed E-state index contributed by atoms with van der Waals surface area (Å²) >= 11 is 6.79. The lowest BCUT2D eigenvalue weighted by Crippen LogP contribution is -2.30. The Bertz CT molecular complexity index is 489. The van der Waals surface area contributed by atoms with E-state index in [-0.39, 0.29) is 5.69 Å². The van der Waals surface area contributed by atoms with E-state index in [2.05, 4.69) is 24.6 Å². The molecular formula is C8H6ClN5OS. The van der Waals surface area contributed by atoms with Crippen molar-refractivity contribution in [1.29, 1.82) is 0 Å². The molecule has 0 fully saturated rings. The van der Waals surface area contributed by atoms with Crippen LogP contribution in [0.4, 0.5) is 5.82 Å². The highest BCUT2D eigenvalue weighted by molar-refractivity contribution is 6.99. The molecule has 2 N–H and O–H groups in total. The number of carbonyl (C=O) groups is 1. The Morgan fingerprint density at radius 1 is 1.50 bits per heavy atom. The number of nitrogens with zero attached hydrogens (tertiary/aromatic N) is 3. The summed E-state index contributed by atoms with van der Waals surface area (Å²) in [6.07, 6.45) is 2.94. The predicted octanol–water partition coefficient (Wildman–Crippen LogP) is 1.34. The molecule has 2 aromatic heterocycles. The van der Waals surface area contributed by atoms with Crippen molar-refractivity contribution in [2.24, 2.45) is 0 Å². The number of aromatic nitrogens is 3. The van der Waals surface area contributed by atoms with Crippen LogP contribution in [0.15, 0.2) is 24.5 Å². The van der Waals surface area contributed by atoms with Crippen LogP contribution < -0.4 is 10.9 Å². The van der Waals surface area contributed by atoms with Gasteiger partial charge >= 0.3 is 0 Å². The second kappa shape index (κ2) is 4.86. The molecule has 0 unspecified atom stereocenters. The van der Waals surface area contributed by atoms with Gasteiger partial charge in [0.2, 0.25) is 0 Å². The molecule has 16 heavy (non-hydrogen) atoms. The first kappa shape index (κ1) is 10.8. The highest BCUT2D eigenvalue weighted by Gasteiger charge is 2.08. The van der Waals surface area contributed by atoms with E-state index in [1.54, 1.807) is 18.3 Å². The lowest BCUT2D eigenvalue weighted by Gasteiger charge is -2.06. The number of rotatable bonds is 3. The molecule has 2 aromatic rings. The van der Waals surface area contributed by atoms with Crippen molar-refractivity contribution in [3.05, 3.63) is 35.2 Å². The van der Waals surface area contributed by atoms with Crippen molar-refractivity contribution in [3.8, 4) is 0 Å². The van der Waals surface area contributed by atoms with Crippen LogP contribution >= 0.6 is 23.3 Å². The maximum absolute atomic E-state index is 11.5. The summed E-state index contributed by atoms with van der Waals surface area (Å²) < 4.78 is 7.49. The zero-order chi connectivity index (χ0) is 11.4. The van der Waals surface area contributed by atoms with Crippen LogP contribution in [-0.4, -0.2) is 19.6 Å². The molecule has 2 heterocycles. The lowest BCUT2D eigenvalue weighted by molar-refractivity contribution is 0.0958. The van der Waals surface area contributed by atoms with Crippen molar-refractivity contribution in [2.75, 3.05) is 5.43 Å². The van der Waals surface area contributed by atoms with Gasteiger partial charge in [-0.3, -0.25) is 15.6 Å². The van der Waals surface area contributed by atoms with Crippen LogP contribution in [0.25, 0.3) is 0 Å². The Kier molecular flexibility index (Phi) is 3.28. The number of anilines is 1. The Morgan fingerprint density at radius 2 is 2.38 bits per heavy atom. The molecule has 0 saturated carbocycles. The van der Waals surface area contributed by atoms with Crippen LogP contribution in [0.2, 0.25) is 5.02 Å². The van der Waals surface area contributed by atoms with E-state index in [1.807, 2.05) is 0 Å². The normalized spacial score (nSPS) is 9.81. The molecule has 6 nitrogen and oxygen atoms in total.